The van der Waals surface area contributed by atoms with Crippen molar-refractivity contribution < 1.29 is 4.39 Å². The second-order valence-electron chi connectivity index (χ2n) is 5.44. The Labute approximate surface area is 138 Å². The maximum absolute atomic E-state index is 13.4. The van der Waals surface area contributed by atoms with E-state index in [0.717, 1.165) is 16.7 Å². The van der Waals surface area contributed by atoms with Crippen molar-refractivity contribution in [3.63, 3.8) is 0 Å². The largest absolute Gasteiger partial charge is 0.288 e. The van der Waals surface area contributed by atoms with Crippen molar-refractivity contribution >= 4 is 5.65 Å². The van der Waals surface area contributed by atoms with E-state index in [9.17, 15) is 9.65 Å². The topological polar surface area (TPSA) is 41.1 Å². The highest BCUT2D eigenvalue weighted by atomic mass is 19.1. The molecule has 0 spiro atoms. The van der Waals surface area contributed by atoms with Crippen LogP contribution in [-0.4, -0.2) is 9.38 Å². The van der Waals surface area contributed by atoms with Gasteiger partial charge in [0.2, 0.25) is 0 Å². The Balaban J connectivity index is 1.82. The molecule has 4 heteroatoms. The minimum atomic E-state index is -0.401. The Morgan fingerprint density at radius 1 is 0.833 bits per heavy atom. The van der Waals surface area contributed by atoms with Crippen LogP contribution >= 0.6 is 0 Å². The third-order valence-corrected chi connectivity index (χ3v) is 3.95. The summed E-state index contributed by atoms with van der Waals surface area (Å²) in [5.74, 6) is -0.401. The molecule has 0 saturated heterocycles. The molecule has 0 aliphatic heterocycles. The highest BCUT2D eigenvalue weighted by molar-refractivity contribution is 5.73. The summed E-state index contributed by atoms with van der Waals surface area (Å²) in [6, 6.07) is 22.9. The summed E-state index contributed by atoms with van der Waals surface area (Å²) in [6.07, 6.45) is 1.28. The van der Waals surface area contributed by atoms with E-state index in [1.807, 2.05) is 54.6 Å². The fourth-order valence-corrected chi connectivity index (χ4v) is 2.78. The van der Waals surface area contributed by atoms with Crippen LogP contribution in [0.2, 0.25) is 0 Å². The summed E-state index contributed by atoms with van der Waals surface area (Å²) in [4.78, 5) is 4.47. The van der Waals surface area contributed by atoms with Gasteiger partial charge in [-0.15, -0.1) is 0 Å². The maximum atomic E-state index is 13.4. The molecule has 2 heterocycles. The first kappa shape index (κ1) is 14.2. The standard InChI is InChI=1S/C20H12FN3/c21-17-10-11-19-23-20(18(12-22)24(19)13-17)16-8-6-15(7-9-16)14-4-2-1-3-5-14/h1-11,13H. The summed E-state index contributed by atoms with van der Waals surface area (Å²) >= 11 is 0. The van der Waals surface area contributed by atoms with Gasteiger partial charge in [0.05, 0.1) is 0 Å². The first-order chi connectivity index (χ1) is 11.8. The van der Waals surface area contributed by atoms with Gasteiger partial charge in [-0.1, -0.05) is 54.6 Å². The average molecular weight is 313 g/mol. The van der Waals surface area contributed by atoms with Gasteiger partial charge in [-0.05, 0) is 23.3 Å². The molecule has 2 aromatic heterocycles. The van der Waals surface area contributed by atoms with Gasteiger partial charge >= 0.3 is 0 Å². The van der Waals surface area contributed by atoms with E-state index in [4.69, 9.17) is 0 Å². The second kappa shape index (κ2) is 5.64. The lowest BCUT2D eigenvalue weighted by Crippen LogP contribution is -1.90. The van der Waals surface area contributed by atoms with Gasteiger partial charge in [0.25, 0.3) is 0 Å². The lowest BCUT2D eigenvalue weighted by Gasteiger charge is -2.03. The van der Waals surface area contributed by atoms with E-state index < -0.39 is 5.82 Å². The Kier molecular flexibility index (Phi) is 3.33. The van der Waals surface area contributed by atoms with Crippen molar-refractivity contribution in [3.05, 3.63) is 84.4 Å². The Morgan fingerprint density at radius 3 is 2.21 bits per heavy atom. The Hall–Kier alpha value is -3.45. The van der Waals surface area contributed by atoms with Crippen molar-refractivity contribution in [1.82, 2.24) is 9.38 Å². The summed E-state index contributed by atoms with van der Waals surface area (Å²) in [5.41, 5.74) is 4.49. The molecule has 0 radical (unpaired) electrons. The first-order valence-corrected chi connectivity index (χ1v) is 7.50. The molecule has 0 fully saturated rings. The molecule has 0 aliphatic rings. The van der Waals surface area contributed by atoms with E-state index in [2.05, 4.69) is 11.1 Å². The number of fused-ring (bicyclic) bond motifs is 1. The van der Waals surface area contributed by atoms with Crippen LogP contribution in [0.3, 0.4) is 0 Å². The highest BCUT2D eigenvalue weighted by Crippen LogP contribution is 2.27. The molecule has 0 aliphatic carbocycles. The van der Waals surface area contributed by atoms with Crippen molar-refractivity contribution in [3.8, 4) is 28.5 Å². The Morgan fingerprint density at radius 2 is 1.50 bits per heavy atom. The van der Waals surface area contributed by atoms with Crippen molar-refractivity contribution in [2.45, 2.75) is 0 Å². The molecule has 4 aromatic rings. The van der Waals surface area contributed by atoms with Crippen molar-refractivity contribution in [2.24, 2.45) is 0 Å². The fourth-order valence-electron chi connectivity index (χ4n) is 2.78. The molecule has 0 N–H and O–H groups in total. The van der Waals surface area contributed by atoms with Gasteiger partial charge in [0.1, 0.15) is 23.2 Å². The Bertz CT molecular complexity index is 1060. The lowest BCUT2D eigenvalue weighted by atomic mass is 10.0. The number of imidazole rings is 1. The van der Waals surface area contributed by atoms with Gasteiger partial charge < -0.3 is 0 Å². The predicted octanol–water partition coefficient (Wildman–Crippen LogP) is 4.68. The van der Waals surface area contributed by atoms with Crippen LogP contribution in [0.1, 0.15) is 5.69 Å². The molecule has 0 atom stereocenters. The number of hydrogen-bond donors (Lipinski definition) is 0. The van der Waals surface area contributed by atoms with Crippen LogP contribution < -0.4 is 0 Å². The van der Waals surface area contributed by atoms with E-state index >= 15 is 0 Å². The smallest absolute Gasteiger partial charge is 0.152 e. The SMILES string of the molecule is N#Cc1c(-c2ccc(-c3ccccc3)cc2)nc2ccc(F)cn12. The van der Waals surface area contributed by atoms with Crippen LogP contribution in [0.4, 0.5) is 4.39 Å². The van der Waals surface area contributed by atoms with E-state index in [1.165, 1.54) is 16.7 Å². The highest BCUT2D eigenvalue weighted by Gasteiger charge is 2.14. The van der Waals surface area contributed by atoms with Crippen LogP contribution in [0.5, 0.6) is 0 Å². The molecule has 0 unspecified atom stereocenters. The maximum Gasteiger partial charge on any atom is 0.152 e. The summed E-state index contributed by atoms with van der Waals surface area (Å²) < 4.78 is 14.9. The molecule has 114 valence electrons. The number of benzene rings is 2. The summed E-state index contributed by atoms with van der Waals surface area (Å²) in [7, 11) is 0. The molecular weight excluding hydrogens is 301 g/mol. The molecule has 4 rings (SSSR count). The molecule has 2 aromatic carbocycles. The van der Waals surface area contributed by atoms with Gasteiger partial charge in [-0.3, -0.25) is 4.40 Å². The molecule has 0 saturated carbocycles. The zero-order valence-electron chi connectivity index (χ0n) is 12.6. The van der Waals surface area contributed by atoms with Gasteiger partial charge in [-0.25, -0.2) is 9.37 Å². The number of aromatic nitrogens is 2. The molecule has 0 amide bonds. The lowest BCUT2D eigenvalue weighted by molar-refractivity contribution is 0.619. The zero-order valence-corrected chi connectivity index (χ0v) is 12.6. The number of nitriles is 1. The minimum absolute atomic E-state index is 0.331. The van der Waals surface area contributed by atoms with E-state index in [-0.39, 0.29) is 0 Å². The second-order valence-corrected chi connectivity index (χ2v) is 5.44. The van der Waals surface area contributed by atoms with E-state index in [0.29, 0.717) is 17.0 Å². The monoisotopic (exact) mass is 313 g/mol. The van der Waals surface area contributed by atoms with Crippen molar-refractivity contribution in [2.75, 3.05) is 0 Å². The van der Waals surface area contributed by atoms with Gasteiger partial charge in [0.15, 0.2) is 5.69 Å². The number of rotatable bonds is 2. The summed E-state index contributed by atoms with van der Waals surface area (Å²) in [6.45, 7) is 0. The van der Waals surface area contributed by atoms with Crippen LogP contribution in [0.15, 0.2) is 72.9 Å². The molecule has 3 nitrogen and oxygen atoms in total. The average Bonchev–Trinajstić information content (AvgIpc) is 3.00. The minimum Gasteiger partial charge on any atom is -0.288 e. The van der Waals surface area contributed by atoms with Crippen LogP contribution in [-0.2, 0) is 0 Å². The predicted molar refractivity (Wildman–Crippen MR) is 90.7 cm³/mol. The van der Waals surface area contributed by atoms with Gasteiger partial charge in [-0.2, -0.15) is 5.26 Å². The normalized spacial score (nSPS) is 10.7. The fraction of sp³-hybridized carbons (Fsp3) is 0. The van der Waals surface area contributed by atoms with E-state index in [1.54, 1.807) is 6.07 Å². The third-order valence-electron chi connectivity index (χ3n) is 3.95. The first-order valence-electron chi connectivity index (χ1n) is 7.50. The van der Waals surface area contributed by atoms with Crippen molar-refractivity contribution in [1.29, 1.82) is 5.26 Å². The van der Waals surface area contributed by atoms with Crippen LogP contribution in [0.25, 0.3) is 28.0 Å². The zero-order chi connectivity index (χ0) is 16.5. The number of nitrogens with zero attached hydrogens (tertiary/aromatic N) is 3. The quantitative estimate of drug-likeness (QED) is 0.539. The molecule has 24 heavy (non-hydrogen) atoms. The molecule has 0 bridgehead atoms. The molecular formula is C20H12FN3. The number of pyridine rings is 1. The van der Waals surface area contributed by atoms with Gasteiger partial charge in [0, 0.05) is 11.8 Å². The summed E-state index contributed by atoms with van der Waals surface area (Å²) in [5, 5.41) is 9.46. The van der Waals surface area contributed by atoms with Crippen LogP contribution in [0, 0.1) is 17.1 Å². The number of halogens is 1. The third kappa shape index (κ3) is 2.33. The number of hydrogen-bond acceptors (Lipinski definition) is 2.